The number of nitrogens with zero attached hydrogens (tertiary/aromatic N) is 1. The van der Waals surface area contributed by atoms with Crippen molar-refractivity contribution < 1.29 is 4.74 Å². The minimum absolute atomic E-state index is 0.757. The molecule has 2 nitrogen and oxygen atoms in total. The number of anilines is 1. The molecule has 0 atom stereocenters. The second-order valence-electron chi connectivity index (χ2n) is 2.62. The molecule has 0 bridgehead atoms. The zero-order chi connectivity index (χ0) is 8.97. The fraction of sp³-hybridized carbons (Fsp3) is 0.300. The largest absolute Gasteiger partial charge is 0.497 e. The molecule has 0 heterocycles. The molecule has 0 aliphatic heterocycles. The second-order valence-corrected chi connectivity index (χ2v) is 2.62. The maximum Gasteiger partial charge on any atom is 0.120 e. The van der Waals surface area contributed by atoms with E-state index in [1.54, 1.807) is 7.11 Å². The Labute approximate surface area is 73.8 Å². The summed E-state index contributed by atoms with van der Waals surface area (Å²) in [6.45, 7) is 4.56. The monoisotopic (exact) mass is 164 g/mol. The minimum Gasteiger partial charge on any atom is -0.497 e. The Kier molecular flexibility index (Phi) is 2.97. The molecule has 65 valence electrons. The second kappa shape index (κ2) is 4.00. The van der Waals surface area contributed by atoms with E-state index in [0.29, 0.717) is 0 Å². The molecular weight excluding hydrogens is 150 g/mol. The Morgan fingerprint density at radius 1 is 1.50 bits per heavy atom. The highest BCUT2D eigenvalue weighted by molar-refractivity contribution is 5.50. The Morgan fingerprint density at radius 3 is 2.83 bits per heavy atom. The van der Waals surface area contributed by atoms with Crippen LogP contribution in [0.25, 0.3) is 0 Å². The summed E-state index contributed by atoms with van der Waals surface area (Å²) in [6.07, 6.45) is 0. The number of hydrogen-bond acceptors (Lipinski definition) is 2. The fourth-order valence-corrected chi connectivity index (χ4v) is 0.977. The van der Waals surface area contributed by atoms with Crippen molar-refractivity contribution >= 4 is 5.69 Å². The third-order valence-electron chi connectivity index (χ3n) is 1.83. The fourth-order valence-electron chi connectivity index (χ4n) is 0.977. The van der Waals surface area contributed by atoms with Gasteiger partial charge in [0.2, 0.25) is 0 Å². The van der Waals surface area contributed by atoms with Gasteiger partial charge in [-0.2, -0.15) is 0 Å². The van der Waals surface area contributed by atoms with Crippen molar-refractivity contribution in [2.45, 2.75) is 0 Å². The molecule has 0 amide bonds. The van der Waals surface area contributed by atoms with Gasteiger partial charge in [0.05, 0.1) is 7.11 Å². The summed E-state index contributed by atoms with van der Waals surface area (Å²) >= 11 is 0. The zero-order valence-corrected chi connectivity index (χ0v) is 7.58. The van der Waals surface area contributed by atoms with E-state index >= 15 is 0 Å². The Bertz CT molecular complexity index is 247. The van der Waals surface area contributed by atoms with Gasteiger partial charge in [-0.25, -0.2) is 0 Å². The smallest absolute Gasteiger partial charge is 0.120 e. The number of ether oxygens (including phenoxy) is 1. The van der Waals surface area contributed by atoms with E-state index in [2.05, 4.69) is 11.8 Å². The van der Waals surface area contributed by atoms with Gasteiger partial charge in [-0.05, 0) is 19.1 Å². The average molecular weight is 164 g/mol. The highest BCUT2D eigenvalue weighted by Crippen LogP contribution is 2.19. The van der Waals surface area contributed by atoms with Crippen molar-refractivity contribution in [1.82, 2.24) is 0 Å². The summed E-state index contributed by atoms with van der Waals surface area (Å²) in [5.74, 6) is 0.882. The standard InChI is InChI=1S/C10H14NO/c1-4-11(2)9-6-5-7-10(8-9)12-3/h5-8H,1,4H2,2-3H3. The van der Waals surface area contributed by atoms with Gasteiger partial charge in [-0.3, -0.25) is 0 Å². The highest BCUT2D eigenvalue weighted by atomic mass is 16.5. The van der Waals surface area contributed by atoms with E-state index in [1.807, 2.05) is 31.3 Å². The van der Waals surface area contributed by atoms with Crippen molar-refractivity contribution in [2.24, 2.45) is 0 Å². The lowest BCUT2D eigenvalue weighted by Crippen LogP contribution is -2.15. The number of hydrogen-bond donors (Lipinski definition) is 0. The van der Waals surface area contributed by atoms with Crippen LogP contribution in [0.2, 0.25) is 0 Å². The number of methoxy groups -OCH3 is 1. The van der Waals surface area contributed by atoms with Crippen LogP contribution in [0.1, 0.15) is 0 Å². The molecule has 2 heteroatoms. The lowest BCUT2D eigenvalue weighted by Gasteiger charge is -2.16. The summed E-state index contributed by atoms with van der Waals surface area (Å²) < 4.78 is 5.10. The normalized spacial score (nSPS) is 9.58. The van der Waals surface area contributed by atoms with Crippen LogP contribution in [0.5, 0.6) is 5.75 Å². The van der Waals surface area contributed by atoms with Crippen molar-refractivity contribution in [1.29, 1.82) is 0 Å². The third kappa shape index (κ3) is 1.91. The van der Waals surface area contributed by atoms with Crippen molar-refractivity contribution in [3.8, 4) is 5.75 Å². The van der Waals surface area contributed by atoms with E-state index < -0.39 is 0 Å². The molecule has 1 radical (unpaired) electrons. The highest BCUT2D eigenvalue weighted by Gasteiger charge is 1.98. The predicted octanol–water partition coefficient (Wildman–Crippen LogP) is 1.97. The third-order valence-corrected chi connectivity index (χ3v) is 1.83. The van der Waals surface area contributed by atoms with Crippen LogP contribution in [0.3, 0.4) is 0 Å². The lowest BCUT2D eigenvalue weighted by molar-refractivity contribution is 0.415. The first-order valence-electron chi connectivity index (χ1n) is 3.92. The van der Waals surface area contributed by atoms with Crippen LogP contribution in [0.15, 0.2) is 24.3 Å². The van der Waals surface area contributed by atoms with Gasteiger partial charge in [-0.15, -0.1) is 0 Å². The van der Waals surface area contributed by atoms with Crippen LogP contribution < -0.4 is 9.64 Å². The van der Waals surface area contributed by atoms with Crippen LogP contribution in [-0.4, -0.2) is 20.7 Å². The maximum atomic E-state index is 5.10. The molecule has 12 heavy (non-hydrogen) atoms. The molecule has 0 N–H and O–H groups in total. The number of benzene rings is 1. The average Bonchev–Trinajstić information content (AvgIpc) is 2.17. The minimum atomic E-state index is 0.757. The van der Waals surface area contributed by atoms with Crippen molar-refractivity contribution in [3.05, 3.63) is 31.2 Å². The van der Waals surface area contributed by atoms with Gasteiger partial charge >= 0.3 is 0 Å². The van der Waals surface area contributed by atoms with Crippen molar-refractivity contribution in [3.63, 3.8) is 0 Å². The Hall–Kier alpha value is -1.18. The topological polar surface area (TPSA) is 12.5 Å². The molecule has 0 aliphatic carbocycles. The van der Waals surface area contributed by atoms with E-state index in [0.717, 1.165) is 18.0 Å². The van der Waals surface area contributed by atoms with Gasteiger partial charge in [0.1, 0.15) is 5.75 Å². The summed E-state index contributed by atoms with van der Waals surface area (Å²) in [5.41, 5.74) is 1.13. The molecule has 1 aromatic carbocycles. The van der Waals surface area contributed by atoms with E-state index in [1.165, 1.54) is 0 Å². The summed E-state index contributed by atoms with van der Waals surface area (Å²) in [5, 5.41) is 0. The lowest BCUT2D eigenvalue weighted by atomic mass is 10.3. The molecule has 0 spiro atoms. The summed E-state index contributed by atoms with van der Waals surface area (Å²) in [4.78, 5) is 2.06. The molecule has 0 aromatic heterocycles. The first-order chi connectivity index (χ1) is 5.77. The van der Waals surface area contributed by atoms with Crippen LogP contribution in [-0.2, 0) is 0 Å². The Morgan fingerprint density at radius 2 is 2.25 bits per heavy atom. The molecule has 1 rings (SSSR count). The molecule has 1 aromatic rings. The first kappa shape index (κ1) is 8.91. The maximum absolute atomic E-state index is 5.10. The predicted molar refractivity (Wildman–Crippen MR) is 51.6 cm³/mol. The van der Waals surface area contributed by atoms with Gasteiger partial charge in [-0.1, -0.05) is 6.07 Å². The van der Waals surface area contributed by atoms with Crippen LogP contribution in [0, 0.1) is 6.92 Å². The Balaban J connectivity index is 2.86. The van der Waals surface area contributed by atoms with Crippen LogP contribution in [0.4, 0.5) is 5.69 Å². The summed E-state index contributed by atoms with van der Waals surface area (Å²) in [6, 6.07) is 7.93. The molecule has 0 saturated heterocycles. The number of rotatable bonds is 3. The first-order valence-corrected chi connectivity index (χ1v) is 3.92. The van der Waals surface area contributed by atoms with Gasteiger partial charge in [0, 0.05) is 25.3 Å². The van der Waals surface area contributed by atoms with E-state index in [-0.39, 0.29) is 0 Å². The molecular formula is C10H14NO. The van der Waals surface area contributed by atoms with Gasteiger partial charge in [0.15, 0.2) is 0 Å². The van der Waals surface area contributed by atoms with Crippen molar-refractivity contribution in [2.75, 3.05) is 25.6 Å². The van der Waals surface area contributed by atoms with Gasteiger partial charge < -0.3 is 9.64 Å². The van der Waals surface area contributed by atoms with Crippen LogP contribution >= 0.6 is 0 Å². The SMILES string of the molecule is [CH2]CN(C)c1cccc(OC)c1. The molecule has 0 fully saturated rings. The molecule has 0 saturated carbocycles. The van der Waals surface area contributed by atoms with E-state index in [4.69, 9.17) is 4.74 Å². The molecule has 0 aliphatic rings. The van der Waals surface area contributed by atoms with E-state index in [9.17, 15) is 0 Å². The summed E-state index contributed by atoms with van der Waals surface area (Å²) in [7, 11) is 3.67. The van der Waals surface area contributed by atoms with Gasteiger partial charge in [0.25, 0.3) is 0 Å². The quantitative estimate of drug-likeness (QED) is 0.677. The zero-order valence-electron chi connectivity index (χ0n) is 7.58. The molecule has 0 unspecified atom stereocenters.